The first kappa shape index (κ1) is 15.1. The summed E-state index contributed by atoms with van der Waals surface area (Å²) < 4.78 is 5.16. The number of nitrogens with zero attached hydrogens (tertiary/aromatic N) is 1. The van der Waals surface area contributed by atoms with Crippen LogP contribution in [0.25, 0.3) is 0 Å². The van der Waals surface area contributed by atoms with E-state index in [2.05, 4.69) is 0 Å². The number of hydrogen-bond donors (Lipinski definition) is 1. The Morgan fingerprint density at radius 1 is 1.37 bits per heavy atom. The summed E-state index contributed by atoms with van der Waals surface area (Å²) in [5.41, 5.74) is 5.93. The van der Waals surface area contributed by atoms with Gasteiger partial charge in [-0.05, 0) is 32.8 Å². The molecule has 1 aromatic rings. The van der Waals surface area contributed by atoms with Crippen molar-refractivity contribution in [2.75, 3.05) is 0 Å². The number of nitro benzene ring substituents is 1. The summed E-state index contributed by atoms with van der Waals surface area (Å²) in [4.78, 5) is 21.7. The lowest BCUT2D eigenvalue weighted by Gasteiger charge is -2.22. The van der Waals surface area contributed by atoms with Gasteiger partial charge in [0.25, 0.3) is 5.69 Å². The SMILES string of the molecule is CC(C)(C)OC(=O)[C@@H](N)Cc1ccc([N+](=O)[O-])cc1. The number of nitro groups is 1. The minimum absolute atomic E-state index is 0.00888. The molecule has 1 atom stereocenters. The Kier molecular flexibility index (Phi) is 4.61. The van der Waals surface area contributed by atoms with E-state index < -0.39 is 22.5 Å². The van der Waals surface area contributed by atoms with Crippen molar-refractivity contribution in [1.29, 1.82) is 0 Å². The van der Waals surface area contributed by atoms with E-state index in [9.17, 15) is 14.9 Å². The number of nitrogens with two attached hydrogens (primary N) is 1. The first-order valence-corrected chi connectivity index (χ1v) is 5.91. The van der Waals surface area contributed by atoms with Gasteiger partial charge in [0.15, 0.2) is 0 Å². The molecule has 1 aromatic carbocycles. The Morgan fingerprint density at radius 2 is 1.89 bits per heavy atom. The maximum Gasteiger partial charge on any atom is 0.323 e. The van der Waals surface area contributed by atoms with Gasteiger partial charge in [-0.25, -0.2) is 0 Å². The van der Waals surface area contributed by atoms with Crippen LogP contribution in [0.5, 0.6) is 0 Å². The lowest BCUT2D eigenvalue weighted by atomic mass is 10.1. The van der Waals surface area contributed by atoms with Gasteiger partial charge in [-0.15, -0.1) is 0 Å². The minimum Gasteiger partial charge on any atom is -0.459 e. The Morgan fingerprint density at radius 3 is 2.32 bits per heavy atom. The Bertz CT molecular complexity index is 463. The van der Waals surface area contributed by atoms with Gasteiger partial charge in [-0.1, -0.05) is 12.1 Å². The van der Waals surface area contributed by atoms with E-state index in [4.69, 9.17) is 10.5 Å². The molecular weight excluding hydrogens is 248 g/mol. The second-order valence-corrected chi connectivity index (χ2v) is 5.27. The zero-order chi connectivity index (χ0) is 14.6. The van der Waals surface area contributed by atoms with Crippen LogP contribution in [0.15, 0.2) is 24.3 Å². The van der Waals surface area contributed by atoms with Crippen LogP contribution in [0.2, 0.25) is 0 Å². The maximum atomic E-state index is 11.7. The highest BCUT2D eigenvalue weighted by Gasteiger charge is 2.22. The summed E-state index contributed by atoms with van der Waals surface area (Å²) in [6, 6.07) is 5.17. The maximum absolute atomic E-state index is 11.7. The monoisotopic (exact) mass is 266 g/mol. The average Bonchev–Trinajstić information content (AvgIpc) is 2.27. The predicted molar refractivity (Wildman–Crippen MR) is 70.6 cm³/mol. The smallest absolute Gasteiger partial charge is 0.323 e. The number of ether oxygens (including phenoxy) is 1. The quantitative estimate of drug-likeness (QED) is 0.509. The van der Waals surface area contributed by atoms with Crippen molar-refractivity contribution in [3.63, 3.8) is 0 Å². The standard InChI is InChI=1S/C13H18N2O4/c1-13(2,3)19-12(16)11(14)8-9-4-6-10(7-5-9)15(17)18/h4-7,11H,8,14H2,1-3H3/t11-/m0/s1. The molecule has 0 radical (unpaired) electrons. The zero-order valence-electron chi connectivity index (χ0n) is 11.3. The van der Waals surface area contributed by atoms with E-state index in [-0.39, 0.29) is 12.1 Å². The third-order valence-electron chi connectivity index (χ3n) is 2.31. The van der Waals surface area contributed by atoms with E-state index in [1.54, 1.807) is 32.9 Å². The molecule has 0 fully saturated rings. The molecule has 0 aliphatic carbocycles. The predicted octanol–water partition coefficient (Wildman–Crippen LogP) is 1.81. The molecule has 1 rings (SSSR count). The van der Waals surface area contributed by atoms with E-state index >= 15 is 0 Å². The molecule has 6 heteroatoms. The number of carbonyl (C=O) groups is 1. The molecule has 0 aliphatic heterocycles. The molecule has 0 heterocycles. The van der Waals surface area contributed by atoms with Crippen LogP contribution in [0, 0.1) is 10.1 Å². The van der Waals surface area contributed by atoms with Gasteiger partial charge in [0.1, 0.15) is 11.6 Å². The summed E-state index contributed by atoms with van der Waals surface area (Å²) in [5, 5.41) is 10.5. The molecule has 0 aliphatic rings. The number of esters is 1. The molecule has 2 N–H and O–H groups in total. The number of carbonyl (C=O) groups excluding carboxylic acids is 1. The van der Waals surface area contributed by atoms with E-state index in [1.165, 1.54) is 12.1 Å². The zero-order valence-corrected chi connectivity index (χ0v) is 11.3. The van der Waals surface area contributed by atoms with E-state index in [0.717, 1.165) is 5.56 Å². The Balaban J connectivity index is 2.64. The van der Waals surface area contributed by atoms with Crippen LogP contribution in [0.4, 0.5) is 5.69 Å². The number of benzene rings is 1. The number of rotatable bonds is 4. The molecule has 19 heavy (non-hydrogen) atoms. The second-order valence-electron chi connectivity index (χ2n) is 5.27. The highest BCUT2D eigenvalue weighted by Crippen LogP contribution is 2.14. The molecular formula is C13H18N2O4. The van der Waals surface area contributed by atoms with Gasteiger partial charge in [-0.2, -0.15) is 0 Å². The third-order valence-corrected chi connectivity index (χ3v) is 2.31. The van der Waals surface area contributed by atoms with Crippen molar-refractivity contribution in [2.24, 2.45) is 5.73 Å². The number of hydrogen-bond acceptors (Lipinski definition) is 5. The summed E-state index contributed by atoms with van der Waals surface area (Å²) in [5.74, 6) is -0.481. The molecule has 0 bridgehead atoms. The fourth-order valence-electron chi connectivity index (χ4n) is 1.47. The van der Waals surface area contributed by atoms with Crippen molar-refractivity contribution in [3.05, 3.63) is 39.9 Å². The van der Waals surface area contributed by atoms with Crippen molar-refractivity contribution < 1.29 is 14.5 Å². The van der Waals surface area contributed by atoms with Crippen LogP contribution in [0.1, 0.15) is 26.3 Å². The van der Waals surface area contributed by atoms with Crippen LogP contribution in [0.3, 0.4) is 0 Å². The van der Waals surface area contributed by atoms with Crippen LogP contribution in [-0.2, 0) is 16.0 Å². The molecule has 6 nitrogen and oxygen atoms in total. The van der Waals surface area contributed by atoms with Crippen molar-refractivity contribution in [2.45, 2.75) is 38.8 Å². The summed E-state index contributed by atoms with van der Waals surface area (Å²) in [7, 11) is 0. The van der Waals surface area contributed by atoms with Crippen molar-refractivity contribution in [1.82, 2.24) is 0 Å². The van der Waals surface area contributed by atoms with Gasteiger partial charge in [0.05, 0.1) is 4.92 Å². The normalized spacial score (nSPS) is 12.8. The lowest BCUT2D eigenvalue weighted by molar-refractivity contribution is -0.384. The topological polar surface area (TPSA) is 95.5 Å². The molecule has 0 amide bonds. The highest BCUT2D eigenvalue weighted by molar-refractivity contribution is 5.76. The molecule has 0 aromatic heterocycles. The Hall–Kier alpha value is -1.95. The molecule has 0 saturated heterocycles. The van der Waals surface area contributed by atoms with Crippen LogP contribution < -0.4 is 5.73 Å². The van der Waals surface area contributed by atoms with Crippen LogP contribution >= 0.6 is 0 Å². The minimum atomic E-state index is -0.777. The van der Waals surface area contributed by atoms with Gasteiger partial charge < -0.3 is 10.5 Å². The summed E-state index contributed by atoms with van der Waals surface area (Å²) >= 11 is 0. The first-order valence-electron chi connectivity index (χ1n) is 5.91. The van der Waals surface area contributed by atoms with Crippen molar-refractivity contribution in [3.8, 4) is 0 Å². The average molecular weight is 266 g/mol. The van der Waals surface area contributed by atoms with Crippen LogP contribution in [-0.4, -0.2) is 22.5 Å². The third kappa shape index (κ3) is 5.05. The molecule has 0 saturated carbocycles. The number of non-ortho nitro benzene ring substituents is 1. The first-order chi connectivity index (χ1) is 8.69. The van der Waals surface area contributed by atoms with Gasteiger partial charge in [0, 0.05) is 12.1 Å². The van der Waals surface area contributed by atoms with E-state index in [1.807, 2.05) is 0 Å². The second kappa shape index (κ2) is 5.79. The molecule has 0 unspecified atom stereocenters. The van der Waals surface area contributed by atoms with Crippen molar-refractivity contribution >= 4 is 11.7 Å². The summed E-state index contributed by atoms with van der Waals surface area (Å²) in [6.07, 6.45) is 0.285. The van der Waals surface area contributed by atoms with Gasteiger partial charge in [-0.3, -0.25) is 14.9 Å². The fraction of sp³-hybridized carbons (Fsp3) is 0.462. The largest absolute Gasteiger partial charge is 0.459 e. The highest BCUT2D eigenvalue weighted by atomic mass is 16.6. The Labute approximate surface area is 111 Å². The van der Waals surface area contributed by atoms with Gasteiger partial charge in [0.2, 0.25) is 0 Å². The fourth-order valence-corrected chi connectivity index (χ4v) is 1.47. The molecule has 0 spiro atoms. The van der Waals surface area contributed by atoms with Gasteiger partial charge >= 0.3 is 5.97 Å². The van der Waals surface area contributed by atoms with E-state index in [0.29, 0.717) is 0 Å². The lowest BCUT2D eigenvalue weighted by Crippen LogP contribution is -2.38. The summed E-state index contributed by atoms with van der Waals surface area (Å²) in [6.45, 7) is 5.30. The molecule has 104 valence electrons.